The summed E-state index contributed by atoms with van der Waals surface area (Å²) in [5.41, 5.74) is 2.08. The molecule has 0 amide bonds. The lowest BCUT2D eigenvalue weighted by Crippen LogP contribution is -2.13. The van der Waals surface area contributed by atoms with Crippen molar-refractivity contribution in [2.24, 2.45) is 0 Å². The molecule has 6 heteroatoms. The fourth-order valence-corrected chi connectivity index (χ4v) is 3.12. The molecular formula is C18H16O6. The van der Waals surface area contributed by atoms with Crippen LogP contribution in [0.2, 0.25) is 0 Å². The van der Waals surface area contributed by atoms with E-state index in [1.165, 1.54) is 0 Å². The molecule has 124 valence electrons. The van der Waals surface area contributed by atoms with E-state index in [2.05, 4.69) is 0 Å². The van der Waals surface area contributed by atoms with Gasteiger partial charge in [0.2, 0.25) is 13.6 Å². The normalized spacial score (nSPS) is 23.7. The van der Waals surface area contributed by atoms with E-state index in [1.54, 1.807) is 0 Å². The number of fused-ring (bicyclic) bond motifs is 2. The largest absolute Gasteiger partial charge is 0.454 e. The third-order valence-corrected chi connectivity index (χ3v) is 4.32. The molecule has 0 spiro atoms. The minimum Gasteiger partial charge on any atom is -0.454 e. The molecular weight excluding hydrogens is 312 g/mol. The maximum Gasteiger partial charge on any atom is 0.231 e. The Bertz CT molecular complexity index is 774. The summed E-state index contributed by atoms with van der Waals surface area (Å²) in [5, 5.41) is 0. The third-order valence-electron chi connectivity index (χ3n) is 4.32. The van der Waals surface area contributed by atoms with Gasteiger partial charge < -0.3 is 28.4 Å². The highest BCUT2D eigenvalue weighted by atomic mass is 16.7. The van der Waals surface area contributed by atoms with Crippen LogP contribution >= 0.6 is 0 Å². The summed E-state index contributed by atoms with van der Waals surface area (Å²) in [6.45, 7) is 1.10. The molecule has 6 nitrogen and oxygen atoms in total. The maximum absolute atomic E-state index is 6.04. The molecule has 0 saturated carbocycles. The molecule has 24 heavy (non-hydrogen) atoms. The predicted octanol–water partition coefficient (Wildman–Crippen LogP) is 2.80. The van der Waals surface area contributed by atoms with Gasteiger partial charge in [0.05, 0.1) is 12.7 Å². The lowest BCUT2D eigenvalue weighted by atomic mass is 10.1. The van der Waals surface area contributed by atoms with Crippen LogP contribution in [-0.2, 0) is 15.9 Å². The molecule has 0 aromatic heterocycles. The van der Waals surface area contributed by atoms with Crippen LogP contribution in [0.4, 0.5) is 0 Å². The Kier molecular flexibility index (Phi) is 3.24. The van der Waals surface area contributed by atoms with Gasteiger partial charge in [-0.1, -0.05) is 6.07 Å². The Hall–Kier alpha value is -2.44. The summed E-state index contributed by atoms with van der Waals surface area (Å²) >= 11 is 0. The van der Waals surface area contributed by atoms with Gasteiger partial charge >= 0.3 is 0 Å². The van der Waals surface area contributed by atoms with Gasteiger partial charge in [-0.2, -0.15) is 0 Å². The second-order valence-corrected chi connectivity index (χ2v) is 5.93. The van der Waals surface area contributed by atoms with E-state index in [4.69, 9.17) is 28.4 Å². The van der Waals surface area contributed by atoms with Crippen LogP contribution in [0.25, 0.3) is 0 Å². The summed E-state index contributed by atoms with van der Waals surface area (Å²) in [6, 6.07) is 11.7. The Morgan fingerprint density at radius 3 is 2.33 bits per heavy atom. The van der Waals surface area contributed by atoms with Crippen LogP contribution in [0.1, 0.15) is 17.4 Å². The van der Waals surface area contributed by atoms with Gasteiger partial charge in [-0.15, -0.1) is 0 Å². The van der Waals surface area contributed by atoms with Crippen molar-refractivity contribution in [2.45, 2.75) is 18.8 Å². The number of benzene rings is 2. The van der Waals surface area contributed by atoms with Crippen LogP contribution < -0.4 is 18.9 Å². The average Bonchev–Trinajstić information content (AvgIpc) is 3.34. The Morgan fingerprint density at radius 1 is 0.792 bits per heavy atom. The standard InChI is InChI=1S/C18H16O6/c1-3-14-16(22-9-20-14)6-11(1)5-13-8-19-18(24-13)12-2-4-15-17(7-12)23-10-21-15/h1-4,6-7,13,18H,5,8-10H2. The van der Waals surface area contributed by atoms with Crippen molar-refractivity contribution in [3.8, 4) is 23.0 Å². The first kappa shape index (κ1) is 13.9. The number of ether oxygens (including phenoxy) is 6. The summed E-state index contributed by atoms with van der Waals surface area (Å²) in [5.74, 6) is 3.08. The molecule has 2 atom stereocenters. The van der Waals surface area contributed by atoms with Crippen molar-refractivity contribution in [1.29, 1.82) is 0 Å². The second kappa shape index (κ2) is 5.58. The molecule has 5 rings (SSSR count). The van der Waals surface area contributed by atoms with E-state index in [0.717, 1.165) is 40.5 Å². The SMILES string of the molecule is c1cc2c(cc1CC1COC(c3ccc4c(c3)OCO4)O1)OCO2. The third kappa shape index (κ3) is 2.44. The zero-order valence-corrected chi connectivity index (χ0v) is 12.9. The molecule has 1 fully saturated rings. The number of rotatable bonds is 3. The first-order valence-electron chi connectivity index (χ1n) is 7.90. The lowest BCUT2D eigenvalue weighted by Gasteiger charge is -2.12. The highest BCUT2D eigenvalue weighted by Crippen LogP contribution is 2.38. The number of hydrogen-bond donors (Lipinski definition) is 0. The Labute approximate surface area is 138 Å². The predicted molar refractivity (Wildman–Crippen MR) is 82.4 cm³/mol. The van der Waals surface area contributed by atoms with E-state index in [1.807, 2.05) is 36.4 Å². The van der Waals surface area contributed by atoms with Gasteiger partial charge in [0.25, 0.3) is 0 Å². The first-order chi connectivity index (χ1) is 11.8. The first-order valence-corrected chi connectivity index (χ1v) is 7.90. The Balaban J connectivity index is 1.27. The van der Waals surface area contributed by atoms with Crippen LogP contribution in [0, 0.1) is 0 Å². The van der Waals surface area contributed by atoms with Crippen molar-refractivity contribution < 1.29 is 28.4 Å². The molecule has 0 radical (unpaired) electrons. The Morgan fingerprint density at radius 2 is 1.50 bits per heavy atom. The van der Waals surface area contributed by atoms with E-state index in [9.17, 15) is 0 Å². The molecule has 3 heterocycles. The smallest absolute Gasteiger partial charge is 0.231 e. The van der Waals surface area contributed by atoms with E-state index in [0.29, 0.717) is 6.61 Å². The highest BCUT2D eigenvalue weighted by Gasteiger charge is 2.29. The highest BCUT2D eigenvalue weighted by molar-refractivity contribution is 5.45. The van der Waals surface area contributed by atoms with Gasteiger partial charge in [0.1, 0.15) is 0 Å². The minimum absolute atomic E-state index is 0.000736. The van der Waals surface area contributed by atoms with Gasteiger partial charge in [-0.3, -0.25) is 0 Å². The molecule has 2 aromatic rings. The van der Waals surface area contributed by atoms with Crippen LogP contribution in [0.5, 0.6) is 23.0 Å². The summed E-state index contributed by atoms with van der Waals surface area (Å²) < 4.78 is 33.3. The molecule has 0 bridgehead atoms. The van der Waals surface area contributed by atoms with E-state index < -0.39 is 0 Å². The quantitative estimate of drug-likeness (QED) is 0.863. The van der Waals surface area contributed by atoms with Crippen LogP contribution in [0.15, 0.2) is 36.4 Å². The lowest BCUT2D eigenvalue weighted by molar-refractivity contribution is -0.0599. The molecule has 1 saturated heterocycles. The fraction of sp³-hybridized carbons (Fsp3) is 0.333. The fourth-order valence-electron chi connectivity index (χ4n) is 3.12. The van der Waals surface area contributed by atoms with Crippen molar-refractivity contribution in [3.05, 3.63) is 47.5 Å². The van der Waals surface area contributed by atoms with Crippen molar-refractivity contribution in [1.82, 2.24) is 0 Å². The molecule has 0 aliphatic carbocycles. The van der Waals surface area contributed by atoms with Crippen molar-refractivity contribution in [2.75, 3.05) is 20.2 Å². The van der Waals surface area contributed by atoms with Crippen LogP contribution in [0.3, 0.4) is 0 Å². The maximum atomic E-state index is 6.04. The van der Waals surface area contributed by atoms with E-state index >= 15 is 0 Å². The monoisotopic (exact) mass is 328 g/mol. The van der Waals surface area contributed by atoms with Gasteiger partial charge in [-0.05, 0) is 35.9 Å². The van der Waals surface area contributed by atoms with Crippen molar-refractivity contribution >= 4 is 0 Å². The van der Waals surface area contributed by atoms with E-state index in [-0.39, 0.29) is 26.0 Å². The van der Waals surface area contributed by atoms with Crippen molar-refractivity contribution in [3.63, 3.8) is 0 Å². The molecule has 2 aromatic carbocycles. The second-order valence-electron chi connectivity index (χ2n) is 5.93. The zero-order valence-electron chi connectivity index (χ0n) is 12.9. The average molecular weight is 328 g/mol. The zero-order chi connectivity index (χ0) is 15.9. The minimum atomic E-state index is -0.376. The molecule has 0 N–H and O–H groups in total. The molecule has 3 aliphatic rings. The topological polar surface area (TPSA) is 55.4 Å². The van der Waals surface area contributed by atoms with Gasteiger partial charge in [0, 0.05) is 12.0 Å². The summed E-state index contributed by atoms with van der Waals surface area (Å²) in [7, 11) is 0. The molecule has 3 aliphatic heterocycles. The number of hydrogen-bond acceptors (Lipinski definition) is 6. The molecule has 2 unspecified atom stereocenters. The van der Waals surface area contributed by atoms with Crippen LogP contribution in [-0.4, -0.2) is 26.3 Å². The van der Waals surface area contributed by atoms with Gasteiger partial charge in [0.15, 0.2) is 29.3 Å². The summed E-state index contributed by atoms with van der Waals surface area (Å²) in [4.78, 5) is 0. The summed E-state index contributed by atoms with van der Waals surface area (Å²) in [6.07, 6.45) is 0.386. The van der Waals surface area contributed by atoms with Gasteiger partial charge in [-0.25, -0.2) is 0 Å².